The number of likely N-dealkylation sites (N-methyl/N-ethyl adjacent to an activating group) is 1. The van der Waals surface area contributed by atoms with Crippen molar-refractivity contribution in [1.29, 1.82) is 0 Å². The number of anilines is 1. The van der Waals surface area contributed by atoms with Crippen LogP contribution in [0.15, 0.2) is 18.2 Å². The van der Waals surface area contributed by atoms with Crippen molar-refractivity contribution in [3.63, 3.8) is 0 Å². The Kier molecular flexibility index (Phi) is 2.79. The van der Waals surface area contributed by atoms with Gasteiger partial charge in [-0.05, 0) is 24.6 Å². The molecule has 0 amide bonds. The zero-order chi connectivity index (χ0) is 10.8. The van der Waals surface area contributed by atoms with Gasteiger partial charge in [0.1, 0.15) is 18.5 Å². The van der Waals surface area contributed by atoms with Crippen molar-refractivity contribution in [3.8, 4) is 5.75 Å². The molecule has 4 heteroatoms. The van der Waals surface area contributed by atoms with Crippen LogP contribution < -0.4 is 15.5 Å². The van der Waals surface area contributed by atoms with Crippen LogP contribution >= 0.6 is 0 Å². The average Bonchev–Trinajstić information content (AvgIpc) is 2.28. The van der Waals surface area contributed by atoms with Crippen LogP contribution in [0.5, 0.6) is 5.75 Å². The van der Waals surface area contributed by atoms with E-state index in [0.29, 0.717) is 0 Å². The minimum Gasteiger partial charge on any atom is -0.490 e. The summed E-state index contributed by atoms with van der Waals surface area (Å²) in [6, 6.07) is 6.01. The lowest BCUT2D eigenvalue weighted by Crippen LogP contribution is -2.28. The van der Waals surface area contributed by atoms with Gasteiger partial charge in [0.15, 0.2) is 0 Å². The molecule has 0 bridgehead atoms. The zero-order valence-corrected chi connectivity index (χ0v) is 9.06. The normalized spacial score (nSPS) is 16.9. The van der Waals surface area contributed by atoms with Crippen LogP contribution in [0, 0.1) is 0 Å². The summed E-state index contributed by atoms with van der Waals surface area (Å²) >= 11 is 0. The minimum atomic E-state index is -0.0920. The van der Waals surface area contributed by atoms with Crippen molar-refractivity contribution in [2.75, 3.05) is 25.1 Å². The third-order valence-corrected chi connectivity index (χ3v) is 2.75. The Labute approximate surface area is 89.5 Å². The summed E-state index contributed by atoms with van der Waals surface area (Å²) < 4.78 is 5.55. The summed E-state index contributed by atoms with van der Waals surface area (Å²) in [5, 5.41) is 0. The first kappa shape index (κ1) is 10.3. The quantitative estimate of drug-likeness (QED) is 0.748. The molecule has 1 aliphatic rings. The molecule has 82 valence electrons. The van der Waals surface area contributed by atoms with Crippen LogP contribution in [0.4, 0.5) is 5.69 Å². The van der Waals surface area contributed by atoms with Gasteiger partial charge in [0.05, 0.1) is 12.2 Å². The summed E-state index contributed by atoms with van der Waals surface area (Å²) in [7, 11) is 2.05. The predicted molar refractivity (Wildman–Crippen MR) is 58.9 cm³/mol. The molecule has 2 rings (SSSR count). The molecule has 0 radical (unpaired) electrons. The molecule has 1 aromatic rings. The molecule has 0 saturated heterocycles. The SMILES string of the molecule is CC(ON)c1ccc2c(c1)N(C)CCO2. The second kappa shape index (κ2) is 4.08. The molecule has 1 heterocycles. The number of hydrogen-bond donors (Lipinski definition) is 1. The molecule has 0 aliphatic carbocycles. The second-order valence-electron chi connectivity index (χ2n) is 3.78. The first-order valence-corrected chi connectivity index (χ1v) is 5.06. The van der Waals surface area contributed by atoms with Gasteiger partial charge in [0.2, 0.25) is 0 Å². The summed E-state index contributed by atoms with van der Waals surface area (Å²) in [6.07, 6.45) is -0.0920. The van der Waals surface area contributed by atoms with E-state index in [1.165, 1.54) is 0 Å². The van der Waals surface area contributed by atoms with Gasteiger partial charge in [0, 0.05) is 7.05 Å². The molecule has 2 N–H and O–H groups in total. The van der Waals surface area contributed by atoms with E-state index < -0.39 is 0 Å². The largest absolute Gasteiger partial charge is 0.490 e. The Balaban J connectivity index is 2.35. The fraction of sp³-hybridized carbons (Fsp3) is 0.455. The molecule has 0 aromatic heterocycles. The highest BCUT2D eigenvalue weighted by molar-refractivity contribution is 5.61. The van der Waals surface area contributed by atoms with E-state index in [9.17, 15) is 0 Å². The van der Waals surface area contributed by atoms with E-state index in [4.69, 9.17) is 15.5 Å². The Bertz CT molecular complexity index is 354. The Hall–Kier alpha value is -1.26. The van der Waals surface area contributed by atoms with E-state index in [0.717, 1.165) is 30.2 Å². The molecule has 15 heavy (non-hydrogen) atoms. The molecule has 1 atom stereocenters. The molecule has 1 unspecified atom stereocenters. The summed E-state index contributed by atoms with van der Waals surface area (Å²) in [6.45, 7) is 3.57. The second-order valence-corrected chi connectivity index (χ2v) is 3.78. The number of fused-ring (bicyclic) bond motifs is 1. The highest BCUT2D eigenvalue weighted by atomic mass is 16.6. The van der Waals surface area contributed by atoms with E-state index in [1.807, 2.05) is 19.1 Å². The van der Waals surface area contributed by atoms with Gasteiger partial charge in [-0.15, -0.1) is 0 Å². The van der Waals surface area contributed by atoms with Crippen molar-refractivity contribution in [2.24, 2.45) is 5.90 Å². The fourth-order valence-electron chi connectivity index (χ4n) is 1.70. The smallest absolute Gasteiger partial charge is 0.142 e. The monoisotopic (exact) mass is 208 g/mol. The summed E-state index contributed by atoms with van der Waals surface area (Å²) in [5.41, 5.74) is 2.16. The molecule has 1 aliphatic heterocycles. The number of hydrogen-bond acceptors (Lipinski definition) is 4. The van der Waals surface area contributed by atoms with Gasteiger partial charge >= 0.3 is 0 Å². The maximum absolute atomic E-state index is 5.55. The van der Waals surface area contributed by atoms with Gasteiger partial charge in [0.25, 0.3) is 0 Å². The van der Waals surface area contributed by atoms with Crippen molar-refractivity contribution in [3.05, 3.63) is 23.8 Å². The highest BCUT2D eigenvalue weighted by Gasteiger charge is 2.16. The minimum absolute atomic E-state index is 0.0920. The lowest BCUT2D eigenvalue weighted by molar-refractivity contribution is 0.0664. The number of ether oxygens (including phenoxy) is 1. The lowest BCUT2D eigenvalue weighted by atomic mass is 10.1. The van der Waals surface area contributed by atoms with Gasteiger partial charge in [-0.2, -0.15) is 0 Å². The standard InChI is InChI=1S/C11H16N2O2/c1-8(15-12)9-3-4-11-10(7-9)13(2)5-6-14-11/h3-4,7-8H,5-6,12H2,1-2H3. The van der Waals surface area contributed by atoms with E-state index in [1.54, 1.807) is 0 Å². The van der Waals surface area contributed by atoms with Gasteiger partial charge in [-0.25, -0.2) is 5.90 Å². The first-order valence-electron chi connectivity index (χ1n) is 5.06. The van der Waals surface area contributed by atoms with Crippen molar-refractivity contribution >= 4 is 5.69 Å². The Morgan fingerprint density at radius 1 is 1.53 bits per heavy atom. The molecular formula is C11H16N2O2. The average molecular weight is 208 g/mol. The van der Waals surface area contributed by atoms with Crippen LogP contribution in [0.25, 0.3) is 0 Å². The number of nitrogens with zero attached hydrogens (tertiary/aromatic N) is 1. The predicted octanol–water partition coefficient (Wildman–Crippen LogP) is 1.47. The fourth-order valence-corrected chi connectivity index (χ4v) is 1.70. The maximum Gasteiger partial charge on any atom is 0.142 e. The molecule has 0 spiro atoms. The van der Waals surface area contributed by atoms with E-state index in [2.05, 4.69) is 18.0 Å². The van der Waals surface area contributed by atoms with Crippen LogP contribution in [-0.2, 0) is 4.84 Å². The van der Waals surface area contributed by atoms with E-state index >= 15 is 0 Å². The van der Waals surface area contributed by atoms with Gasteiger partial charge in [-0.3, -0.25) is 4.84 Å². The molecule has 1 aromatic carbocycles. The van der Waals surface area contributed by atoms with E-state index in [-0.39, 0.29) is 6.10 Å². The van der Waals surface area contributed by atoms with Crippen molar-refractivity contribution in [1.82, 2.24) is 0 Å². The molecule has 4 nitrogen and oxygen atoms in total. The van der Waals surface area contributed by atoms with Crippen LogP contribution in [0.1, 0.15) is 18.6 Å². The van der Waals surface area contributed by atoms with Crippen LogP contribution in [0.3, 0.4) is 0 Å². The van der Waals surface area contributed by atoms with Crippen molar-refractivity contribution < 1.29 is 9.57 Å². The molecule has 0 saturated carbocycles. The number of nitrogens with two attached hydrogens (primary N) is 1. The third-order valence-electron chi connectivity index (χ3n) is 2.75. The molecule has 0 fully saturated rings. The highest BCUT2D eigenvalue weighted by Crippen LogP contribution is 2.33. The van der Waals surface area contributed by atoms with Crippen LogP contribution in [-0.4, -0.2) is 20.2 Å². The Morgan fingerprint density at radius 3 is 3.07 bits per heavy atom. The topological polar surface area (TPSA) is 47.7 Å². The van der Waals surface area contributed by atoms with Gasteiger partial charge < -0.3 is 9.64 Å². The third kappa shape index (κ3) is 1.91. The maximum atomic E-state index is 5.55. The number of rotatable bonds is 2. The molecular weight excluding hydrogens is 192 g/mol. The Morgan fingerprint density at radius 2 is 2.33 bits per heavy atom. The van der Waals surface area contributed by atoms with Crippen molar-refractivity contribution in [2.45, 2.75) is 13.0 Å². The lowest BCUT2D eigenvalue weighted by Gasteiger charge is -2.28. The first-order chi connectivity index (χ1) is 7.22. The summed E-state index contributed by atoms with van der Waals surface area (Å²) in [5.74, 6) is 6.10. The zero-order valence-electron chi connectivity index (χ0n) is 9.06. The number of benzene rings is 1. The van der Waals surface area contributed by atoms with Crippen LogP contribution in [0.2, 0.25) is 0 Å². The summed E-state index contributed by atoms with van der Waals surface area (Å²) in [4.78, 5) is 6.98. The van der Waals surface area contributed by atoms with Gasteiger partial charge in [-0.1, -0.05) is 6.07 Å².